The Morgan fingerprint density at radius 2 is 1.84 bits per heavy atom. The predicted octanol–water partition coefficient (Wildman–Crippen LogP) is 4.33. The van der Waals surface area contributed by atoms with Gasteiger partial charge in [0.2, 0.25) is 0 Å². The van der Waals surface area contributed by atoms with Crippen molar-refractivity contribution >= 4 is 11.5 Å². The molecule has 1 aromatic carbocycles. The summed E-state index contributed by atoms with van der Waals surface area (Å²) < 4.78 is 0. The Morgan fingerprint density at radius 1 is 1.16 bits per heavy atom. The molecule has 0 saturated heterocycles. The number of hydrogen-bond acceptors (Lipinski definition) is 2. The van der Waals surface area contributed by atoms with Crippen molar-refractivity contribution in [3.63, 3.8) is 0 Å². The van der Waals surface area contributed by atoms with Gasteiger partial charge in [0.1, 0.15) is 5.84 Å². The Balaban J connectivity index is 2.47. The largest absolute Gasteiger partial charge is 0.323 e. The van der Waals surface area contributed by atoms with Gasteiger partial charge in [-0.25, -0.2) is 4.99 Å². The highest BCUT2D eigenvalue weighted by Gasteiger charge is 2.16. The van der Waals surface area contributed by atoms with Gasteiger partial charge in [-0.2, -0.15) is 0 Å². The Labute approximate surface area is 115 Å². The molecule has 1 aliphatic heterocycles. The maximum atomic E-state index is 4.63. The molecule has 0 amide bonds. The third kappa shape index (κ3) is 3.02. The first-order valence-corrected chi connectivity index (χ1v) is 6.53. The second kappa shape index (κ2) is 5.70. The number of aliphatic imine (C=N–C) groups is 1. The van der Waals surface area contributed by atoms with Gasteiger partial charge in [-0.1, -0.05) is 43.0 Å². The van der Waals surface area contributed by atoms with Crippen molar-refractivity contribution in [3.05, 3.63) is 66.4 Å². The SMILES string of the molecule is C=C1N=C(C)N(c2ccccc2)C(C)/C=C\C=C/1C. The van der Waals surface area contributed by atoms with Gasteiger partial charge in [-0.05, 0) is 38.5 Å². The van der Waals surface area contributed by atoms with Gasteiger partial charge in [0.15, 0.2) is 0 Å². The summed E-state index contributed by atoms with van der Waals surface area (Å²) in [6.07, 6.45) is 6.31. The lowest BCUT2D eigenvalue weighted by molar-refractivity contribution is 0.882. The minimum atomic E-state index is 0.251. The van der Waals surface area contributed by atoms with E-state index in [4.69, 9.17) is 0 Å². The maximum Gasteiger partial charge on any atom is 0.107 e. The fourth-order valence-electron chi connectivity index (χ4n) is 2.19. The van der Waals surface area contributed by atoms with E-state index >= 15 is 0 Å². The second-order valence-electron chi connectivity index (χ2n) is 4.79. The van der Waals surface area contributed by atoms with Crippen LogP contribution in [-0.2, 0) is 0 Å². The predicted molar refractivity (Wildman–Crippen MR) is 83.5 cm³/mol. The molecule has 0 radical (unpaired) electrons. The van der Waals surface area contributed by atoms with Crippen LogP contribution in [0.5, 0.6) is 0 Å². The summed E-state index contributed by atoms with van der Waals surface area (Å²) in [5.74, 6) is 0.961. The maximum absolute atomic E-state index is 4.63. The number of para-hydroxylation sites is 1. The summed E-state index contributed by atoms with van der Waals surface area (Å²) in [6, 6.07) is 10.6. The lowest BCUT2D eigenvalue weighted by Crippen LogP contribution is -2.36. The monoisotopic (exact) mass is 252 g/mol. The topological polar surface area (TPSA) is 15.6 Å². The van der Waals surface area contributed by atoms with E-state index in [1.54, 1.807) is 0 Å². The first-order chi connectivity index (χ1) is 9.09. The Kier molecular flexibility index (Phi) is 4.00. The number of anilines is 1. The molecule has 2 heteroatoms. The zero-order chi connectivity index (χ0) is 13.8. The van der Waals surface area contributed by atoms with Crippen molar-refractivity contribution in [2.75, 3.05) is 4.90 Å². The van der Waals surface area contributed by atoms with E-state index in [0.717, 1.165) is 22.8 Å². The molecule has 0 N–H and O–H groups in total. The minimum absolute atomic E-state index is 0.251. The fraction of sp³-hybridized carbons (Fsp3) is 0.235. The van der Waals surface area contributed by atoms with E-state index in [2.05, 4.69) is 53.8 Å². The Bertz CT molecular complexity index is 550. The first-order valence-electron chi connectivity index (χ1n) is 6.53. The standard InChI is InChI=1S/C17H20N2/c1-13-9-8-10-14(2)19(16(4)18-15(13)3)17-11-6-5-7-12-17/h5-12,14H,3H2,1-2,4H3/b10-8-,13-9-,18-16?. The van der Waals surface area contributed by atoms with Crippen molar-refractivity contribution in [2.24, 2.45) is 4.99 Å². The Morgan fingerprint density at radius 3 is 2.53 bits per heavy atom. The molecule has 1 aliphatic rings. The van der Waals surface area contributed by atoms with E-state index in [-0.39, 0.29) is 6.04 Å². The average Bonchev–Trinajstić information content (AvgIpc) is 2.43. The van der Waals surface area contributed by atoms with Crippen LogP contribution < -0.4 is 4.90 Å². The highest BCUT2D eigenvalue weighted by molar-refractivity contribution is 5.97. The van der Waals surface area contributed by atoms with Crippen LogP contribution >= 0.6 is 0 Å². The van der Waals surface area contributed by atoms with Crippen LogP contribution in [0.15, 0.2) is 71.4 Å². The molecule has 0 saturated carbocycles. The molecular weight excluding hydrogens is 232 g/mol. The molecule has 1 aromatic rings. The van der Waals surface area contributed by atoms with Gasteiger partial charge < -0.3 is 4.90 Å². The van der Waals surface area contributed by atoms with Crippen LogP contribution in [0.4, 0.5) is 5.69 Å². The highest BCUT2D eigenvalue weighted by atomic mass is 15.2. The van der Waals surface area contributed by atoms with E-state index in [1.807, 2.05) is 32.0 Å². The molecular formula is C17H20N2. The Hall–Kier alpha value is -2.09. The van der Waals surface area contributed by atoms with Crippen molar-refractivity contribution in [1.29, 1.82) is 0 Å². The minimum Gasteiger partial charge on any atom is -0.323 e. The third-order valence-electron chi connectivity index (χ3n) is 3.28. The first kappa shape index (κ1) is 13.3. The smallest absolute Gasteiger partial charge is 0.107 e. The van der Waals surface area contributed by atoms with Gasteiger partial charge in [0.25, 0.3) is 0 Å². The van der Waals surface area contributed by atoms with E-state index in [0.29, 0.717) is 0 Å². The van der Waals surface area contributed by atoms with Gasteiger partial charge in [0, 0.05) is 5.69 Å². The molecule has 0 aliphatic carbocycles. The van der Waals surface area contributed by atoms with Crippen LogP contribution in [0.1, 0.15) is 20.8 Å². The number of benzene rings is 1. The quantitative estimate of drug-likeness (QED) is 0.726. The average molecular weight is 252 g/mol. The summed E-state index contributed by atoms with van der Waals surface area (Å²) in [4.78, 5) is 6.84. The van der Waals surface area contributed by atoms with Crippen molar-refractivity contribution in [3.8, 4) is 0 Å². The number of hydrogen-bond donors (Lipinski definition) is 0. The van der Waals surface area contributed by atoms with Crippen LogP contribution in [0.3, 0.4) is 0 Å². The molecule has 2 nitrogen and oxygen atoms in total. The summed E-state index contributed by atoms with van der Waals surface area (Å²) in [5.41, 5.74) is 3.06. The van der Waals surface area contributed by atoms with Gasteiger partial charge in [0.05, 0.1) is 11.7 Å². The van der Waals surface area contributed by atoms with E-state index < -0.39 is 0 Å². The van der Waals surface area contributed by atoms with Crippen molar-refractivity contribution in [2.45, 2.75) is 26.8 Å². The lowest BCUT2D eigenvalue weighted by atomic mass is 10.2. The number of rotatable bonds is 1. The van der Waals surface area contributed by atoms with Gasteiger partial charge in [-0.3, -0.25) is 0 Å². The molecule has 1 heterocycles. The normalized spacial score (nSPS) is 24.7. The molecule has 0 bridgehead atoms. The molecule has 1 unspecified atom stereocenters. The summed E-state index contributed by atoms with van der Waals surface area (Å²) >= 11 is 0. The van der Waals surface area contributed by atoms with Crippen LogP contribution in [0, 0.1) is 0 Å². The zero-order valence-electron chi connectivity index (χ0n) is 11.8. The third-order valence-corrected chi connectivity index (χ3v) is 3.28. The van der Waals surface area contributed by atoms with E-state index in [1.165, 1.54) is 0 Å². The highest BCUT2D eigenvalue weighted by Crippen LogP contribution is 2.21. The van der Waals surface area contributed by atoms with Crippen LogP contribution in [0.25, 0.3) is 0 Å². The van der Waals surface area contributed by atoms with Crippen molar-refractivity contribution in [1.82, 2.24) is 0 Å². The molecule has 0 spiro atoms. The van der Waals surface area contributed by atoms with Gasteiger partial charge in [-0.15, -0.1) is 0 Å². The molecule has 1 atom stereocenters. The molecule has 2 rings (SSSR count). The molecule has 19 heavy (non-hydrogen) atoms. The summed E-state index contributed by atoms with van der Waals surface area (Å²) in [6.45, 7) is 10.3. The second-order valence-corrected chi connectivity index (χ2v) is 4.79. The van der Waals surface area contributed by atoms with Crippen LogP contribution in [0.2, 0.25) is 0 Å². The fourth-order valence-corrected chi connectivity index (χ4v) is 2.19. The summed E-state index contributed by atoms with van der Waals surface area (Å²) in [5, 5.41) is 0. The molecule has 98 valence electrons. The number of amidine groups is 1. The summed E-state index contributed by atoms with van der Waals surface area (Å²) in [7, 11) is 0. The number of nitrogens with zero attached hydrogens (tertiary/aromatic N) is 2. The molecule has 0 aromatic heterocycles. The van der Waals surface area contributed by atoms with Crippen LogP contribution in [-0.4, -0.2) is 11.9 Å². The molecule has 0 fully saturated rings. The zero-order valence-corrected chi connectivity index (χ0v) is 11.8. The van der Waals surface area contributed by atoms with Gasteiger partial charge >= 0.3 is 0 Å². The number of allylic oxidation sites excluding steroid dienone is 3. The van der Waals surface area contributed by atoms with Crippen molar-refractivity contribution < 1.29 is 0 Å². The van der Waals surface area contributed by atoms with E-state index in [9.17, 15) is 0 Å². The lowest BCUT2D eigenvalue weighted by Gasteiger charge is -2.29.